The third-order valence-corrected chi connectivity index (χ3v) is 6.63. The average molecular weight is 456 g/mol. The minimum atomic E-state index is -0.210. The Morgan fingerprint density at radius 2 is 1.71 bits per heavy atom. The van der Waals surface area contributed by atoms with Crippen LogP contribution in [0.1, 0.15) is 40.2 Å². The van der Waals surface area contributed by atoms with Crippen LogP contribution in [0, 0.1) is 0 Å². The normalized spacial score (nSPS) is 17.1. The molecule has 4 aromatic rings. The molecule has 0 radical (unpaired) electrons. The molecule has 0 amide bonds. The van der Waals surface area contributed by atoms with E-state index in [4.69, 9.17) is 14.2 Å². The van der Waals surface area contributed by atoms with Crippen molar-refractivity contribution in [3.8, 4) is 17.2 Å². The highest BCUT2D eigenvalue weighted by Gasteiger charge is 2.38. The largest absolute Gasteiger partial charge is 0.492 e. The fourth-order valence-corrected chi connectivity index (χ4v) is 5.07. The minimum absolute atomic E-state index is 0.175. The lowest BCUT2D eigenvalue weighted by Gasteiger charge is -2.35. The maximum Gasteiger partial charge on any atom is 0.231 e. The lowest BCUT2D eigenvalue weighted by molar-refractivity contribution is 0.170. The van der Waals surface area contributed by atoms with Gasteiger partial charge in [-0.1, -0.05) is 60.7 Å². The molecule has 0 fully saturated rings. The van der Waals surface area contributed by atoms with E-state index in [-0.39, 0.29) is 18.9 Å². The summed E-state index contributed by atoms with van der Waals surface area (Å²) in [7, 11) is 3.76. The highest BCUT2D eigenvalue weighted by molar-refractivity contribution is 5.62. The number of fused-ring (bicyclic) bond motifs is 2. The topological polar surface area (TPSA) is 74.5 Å². The SMILES string of the molecule is COc1c2c(cc3c1[C@H](c1nnnn1C(c1ccccc1)c1ccccc1)N(C)CC3)OCO2. The van der Waals surface area contributed by atoms with Crippen molar-refractivity contribution in [2.24, 2.45) is 0 Å². The van der Waals surface area contributed by atoms with E-state index in [0.29, 0.717) is 11.5 Å². The zero-order valence-corrected chi connectivity index (χ0v) is 19.1. The molecule has 0 saturated carbocycles. The molecular weight excluding hydrogens is 430 g/mol. The standard InChI is InChI=1S/C26H25N5O3/c1-30-14-13-19-15-20-24(34-16-33-20)25(32-2)21(19)23(30)26-27-28-29-31(26)22(17-9-5-3-6-10-17)18-11-7-4-8-12-18/h3-12,15,22-23H,13-14,16H2,1-2H3/t23-/m1/s1. The number of aromatic nitrogens is 4. The Hall–Kier alpha value is -3.91. The molecule has 0 aliphatic carbocycles. The Morgan fingerprint density at radius 1 is 1.00 bits per heavy atom. The molecule has 172 valence electrons. The number of nitrogens with zero attached hydrogens (tertiary/aromatic N) is 5. The molecule has 34 heavy (non-hydrogen) atoms. The maximum atomic E-state index is 5.89. The first kappa shape index (κ1) is 20.7. The molecule has 8 nitrogen and oxygen atoms in total. The van der Waals surface area contributed by atoms with Crippen LogP contribution in [0.4, 0.5) is 0 Å². The van der Waals surface area contributed by atoms with E-state index in [0.717, 1.165) is 46.8 Å². The predicted octanol–water partition coefficient (Wildman–Crippen LogP) is 3.63. The lowest BCUT2D eigenvalue weighted by atomic mass is 9.90. The molecule has 0 saturated heterocycles. The number of benzene rings is 3. The molecule has 0 spiro atoms. The quantitative estimate of drug-likeness (QED) is 0.455. The third kappa shape index (κ3) is 3.30. The summed E-state index contributed by atoms with van der Waals surface area (Å²) in [5.74, 6) is 2.80. The zero-order chi connectivity index (χ0) is 23.1. The van der Waals surface area contributed by atoms with Crippen molar-refractivity contribution in [3.05, 3.63) is 94.8 Å². The molecule has 0 N–H and O–H groups in total. The van der Waals surface area contributed by atoms with E-state index >= 15 is 0 Å². The summed E-state index contributed by atoms with van der Waals surface area (Å²) in [6.45, 7) is 1.05. The first-order valence-corrected chi connectivity index (χ1v) is 11.3. The average Bonchev–Trinajstić information content (AvgIpc) is 3.54. The summed E-state index contributed by atoms with van der Waals surface area (Å²) >= 11 is 0. The summed E-state index contributed by atoms with van der Waals surface area (Å²) < 4.78 is 19.3. The molecule has 3 aromatic carbocycles. The van der Waals surface area contributed by atoms with Crippen LogP contribution in [0.3, 0.4) is 0 Å². The second-order valence-electron chi connectivity index (χ2n) is 8.56. The van der Waals surface area contributed by atoms with Crippen LogP contribution < -0.4 is 14.2 Å². The molecule has 3 heterocycles. The molecule has 2 aliphatic rings. The third-order valence-electron chi connectivity index (χ3n) is 6.63. The predicted molar refractivity (Wildman–Crippen MR) is 125 cm³/mol. The van der Waals surface area contributed by atoms with Gasteiger partial charge in [-0.15, -0.1) is 5.10 Å². The monoisotopic (exact) mass is 455 g/mol. The Bertz CT molecular complexity index is 1270. The molecular formula is C26H25N5O3. The van der Waals surface area contributed by atoms with Crippen molar-refractivity contribution in [1.82, 2.24) is 25.1 Å². The van der Waals surface area contributed by atoms with Crippen LogP contribution in [0.2, 0.25) is 0 Å². The van der Waals surface area contributed by atoms with Crippen LogP contribution in [0.15, 0.2) is 66.7 Å². The Balaban J connectivity index is 1.55. The summed E-state index contributed by atoms with van der Waals surface area (Å²) in [6.07, 6.45) is 0.873. The highest BCUT2D eigenvalue weighted by Crippen LogP contribution is 2.50. The van der Waals surface area contributed by atoms with Crippen molar-refractivity contribution in [3.63, 3.8) is 0 Å². The highest BCUT2D eigenvalue weighted by atomic mass is 16.7. The van der Waals surface area contributed by atoms with Crippen LogP contribution >= 0.6 is 0 Å². The van der Waals surface area contributed by atoms with Crippen molar-refractivity contribution < 1.29 is 14.2 Å². The number of tetrazole rings is 1. The van der Waals surface area contributed by atoms with Gasteiger partial charge in [0.2, 0.25) is 12.5 Å². The number of hydrogen-bond acceptors (Lipinski definition) is 7. The molecule has 0 unspecified atom stereocenters. The lowest BCUT2D eigenvalue weighted by Crippen LogP contribution is -2.36. The van der Waals surface area contributed by atoms with Gasteiger partial charge in [-0.3, -0.25) is 4.90 Å². The van der Waals surface area contributed by atoms with E-state index < -0.39 is 0 Å². The van der Waals surface area contributed by atoms with Crippen LogP contribution in [-0.2, 0) is 6.42 Å². The molecule has 6 rings (SSSR count). The van der Waals surface area contributed by atoms with Crippen LogP contribution in [0.5, 0.6) is 17.2 Å². The van der Waals surface area contributed by atoms with Gasteiger partial charge in [-0.05, 0) is 46.7 Å². The number of hydrogen-bond donors (Lipinski definition) is 0. The van der Waals surface area contributed by atoms with Gasteiger partial charge in [0.1, 0.15) is 12.1 Å². The maximum absolute atomic E-state index is 5.89. The minimum Gasteiger partial charge on any atom is -0.492 e. The Labute approximate surface area is 197 Å². The number of ether oxygens (including phenoxy) is 3. The van der Waals surface area contributed by atoms with Crippen LogP contribution in [-0.4, -0.2) is 52.6 Å². The van der Waals surface area contributed by atoms with Gasteiger partial charge in [0.25, 0.3) is 0 Å². The fraction of sp³-hybridized carbons (Fsp3) is 0.269. The Kier molecular flexibility index (Phi) is 5.15. The van der Waals surface area contributed by atoms with Gasteiger partial charge in [0, 0.05) is 12.1 Å². The van der Waals surface area contributed by atoms with Gasteiger partial charge in [0.05, 0.1) is 7.11 Å². The molecule has 0 bridgehead atoms. The smallest absolute Gasteiger partial charge is 0.231 e. The van der Waals surface area contributed by atoms with E-state index in [2.05, 4.69) is 57.8 Å². The van der Waals surface area contributed by atoms with Crippen LogP contribution in [0.25, 0.3) is 0 Å². The number of rotatable bonds is 5. The summed E-state index contributed by atoms with van der Waals surface area (Å²) in [6, 6.07) is 22.3. The van der Waals surface area contributed by atoms with E-state index in [1.165, 1.54) is 0 Å². The van der Waals surface area contributed by atoms with E-state index in [9.17, 15) is 0 Å². The van der Waals surface area contributed by atoms with Gasteiger partial charge in [0.15, 0.2) is 17.3 Å². The molecule has 2 aliphatic heterocycles. The number of likely N-dealkylation sites (N-methyl/N-ethyl adjacent to an activating group) is 1. The van der Waals surface area contributed by atoms with Gasteiger partial charge in [-0.2, -0.15) is 0 Å². The first-order chi connectivity index (χ1) is 16.8. The van der Waals surface area contributed by atoms with E-state index in [1.807, 2.05) is 41.1 Å². The van der Waals surface area contributed by atoms with Crippen molar-refractivity contribution >= 4 is 0 Å². The van der Waals surface area contributed by atoms with Crippen molar-refractivity contribution in [2.45, 2.75) is 18.5 Å². The summed E-state index contributed by atoms with van der Waals surface area (Å²) in [5, 5.41) is 13.2. The van der Waals surface area contributed by atoms with Crippen molar-refractivity contribution in [1.29, 1.82) is 0 Å². The Morgan fingerprint density at radius 3 is 2.38 bits per heavy atom. The second kappa shape index (κ2) is 8.46. The second-order valence-corrected chi connectivity index (χ2v) is 8.56. The zero-order valence-electron chi connectivity index (χ0n) is 19.1. The van der Waals surface area contributed by atoms with Gasteiger partial charge < -0.3 is 14.2 Å². The molecule has 1 aromatic heterocycles. The van der Waals surface area contributed by atoms with E-state index in [1.54, 1.807) is 7.11 Å². The summed E-state index contributed by atoms with van der Waals surface area (Å²) in [5.41, 5.74) is 4.41. The summed E-state index contributed by atoms with van der Waals surface area (Å²) in [4.78, 5) is 2.27. The van der Waals surface area contributed by atoms with Gasteiger partial charge in [-0.25, -0.2) is 4.68 Å². The van der Waals surface area contributed by atoms with Gasteiger partial charge >= 0.3 is 0 Å². The molecule has 1 atom stereocenters. The first-order valence-electron chi connectivity index (χ1n) is 11.3. The number of methoxy groups -OCH3 is 1. The fourth-order valence-electron chi connectivity index (χ4n) is 5.07. The molecule has 8 heteroatoms. The van der Waals surface area contributed by atoms with Crippen molar-refractivity contribution in [2.75, 3.05) is 27.5 Å².